The third kappa shape index (κ3) is 11.1. The molecule has 0 radical (unpaired) electrons. The van der Waals surface area contributed by atoms with Crippen LogP contribution in [0.5, 0.6) is 0 Å². The van der Waals surface area contributed by atoms with E-state index in [2.05, 4.69) is 10.6 Å². The van der Waals surface area contributed by atoms with Crippen molar-refractivity contribution in [3.63, 3.8) is 0 Å². The number of hydrogen-bond donors (Lipinski definition) is 3. The van der Waals surface area contributed by atoms with Crippen LogP contribution in [0.25, 0.3) is 11.1 Å². The van der Waals surface area contributed by atoms with E-state index in [0.717, 1.165) is 16.7 Å². The lowest BCUT2D eigenvalue weighted by Gasteiger charge is -2.27. The van der Waals surface area contributed by atoms with Gasteiger partial charge in [-0.1, -0.05) is 54.6 Å². The van der Waals surface area contributed by atoms with Gasteiger partial charge in [0.2, 0.25) is 13.3 Å². The molecule has 4 atom stereocenters. The zero-order valence-corrected chi connectivity index (χ0v) is 25.6. The molecule has 2 aromatic rings. The Bertz CT molecular complexity index is 1200. The minimum absolute atomic E-state index is 0.144. The highest BCUT2D eigenvalue weighted by molar-refractivity contribution is 7.58. The number of carbonyl (C=O) groups is 3. The van der Waals surface area contributed by atoms with E-state index < -0.39 is 60.4 Å². The quantitative estimate of drug-likeness (QED) is 0.252. The second kappa shape index (κ2) is 13.5. The number of rotatable bonds is 10. The second-order valence-corrected chi connectivity index (χ2v) is 14.6. The number of hydrogen-bond acceptors (Lipinski definition) is 6. The highest BCUT2D eigenvalue weighted by atomic mass is 31.2. The normalized spacial score (nSPS) is 15.6. The topological polar surface area (TPSA) is 131 Å². The largest absolute Gasteiger partial charge is 0.458 e. The highest BCUT2D eigenvalue weighted by Gasteiger charge is 2.36. The van der Waals surface area contributed by atoms with Gasteiger partial charge in [-0.25, -0.2) is 9.59 Å². The van der Waals surface area contributed by atoms with Crippen molar-refractivity contribution in [2.24, 2.45) is 5.92 Å². The molecule has 0 bridgehead atoms. The van der Waals surface area contributed by atoms with Crippen LogP contribution in [0, 0.1) is 5.92 Å². The molecule has 2 rings (SSSR count). The number of benzene rings is 2. The maximum absolute atomic E-state index is 13.4. The summed E-state index contributed by atoms with van der Waals surface area (Å²) in [6.07, 6.45) is -1.10. The highest BCUT2D eigenvalue weighted by Crippen LogP contribution is 2.47. The number of alkyl carbamates (subject to hydrolysis) is 1. The van der Waals surface area contributed by atoms with Crippen molar-refractivity contribution in [1.29, 1.82) is 0 Å². The summed E-state index contributed by atoms with van der Waals surface area (Å²) >= 11 is 0. The summed E-state index contributed by atoms with van der Waals surface area (Å²) < 4.78 is 23.9. The molecule has 220 valence electrons. The summed E-state index contributed by atoms with van der Waals surface area (Å²) in [6, 6.07) is 16.4. The Labute approximate surface area is 237 Å². The van der Waals surface area contributed by atoms with Gasteiger partial charge in [0, 0.05) is 6.16 Å². The van der Waals surface area contributed by atoms with Crippen LogP contribution >= 0.6 is 7.37 Å². The molecular formula is C30H43N2O7P. The molecule has 0 heterocycles. The van der Waals surface area contributed by atoms with Crippen molar-refractivity contribution >= 4 is 25.3 Å². The number of nitrogens with one attached hydrogen (secondary N) is 2. The predicted octanol–water partition coefficient (Wildman–Crippen LogP) is 5.50. The maximum Gasteiger partial charge on any atom is 0.408 e. The molecule has 3 N–H and O–H groups in total. The van der Waals surface area contributed by atoms with Crippen molar-refractivity contribution < 1.29 is 33.3 Å². The molecule has 0 saturated heterocycles. The maximum atomic E-state index is 13.4. The van der Waals surface area contributed by atoms with Crippen LogP contribution in [0.3, 0.4) is 0 Å². The van der Waals surface area contributed by atoms with Gasteiger partial charge in [0.1, 0.15) is 23.0 Å². The Morgan fingerprint density at radius 3 is 1.88 bits per heavy atom. The fourth-order valence-corrected chi connectivity index (χ4v) is 5.37. The van der Waals surface area contributed by atoms with Gasteiger partial charge in [-0.15, -0.1) is 0 Å². The zero-order valence-electron chi connectivity index (χ0n) is 24.7. The molecule has 0 aliphatic carbocycles. The summed E-state index contributed by atoms with van der Waals surface area (Å²) in [7, 11) is -4.10. The fraction of sp³-hybridized carbons (Fsp3) is 0.500. The molecule has 1 unspecified atom stereocenters. The van der Waals surface area contributed by atoms with Crippen LogP contribution in [0.4, 0.5) is 4.79 Å². The molecule has 2 aromatic carbocycles. The number of amides is 2. The third-order valence-electron chi connectivity index (χ3n) is 5.85. The van der Waals surface area contributed by atoms with Crippen molar-refractivity contribution in [3.05, 3.63) is 60.2 Å². The molecule has 0 spiro atoms. The number of ether oxygens (including phenoxy) is 2. The van der Waals surface area contributed by atoms with E-state index >= 15 is 0 Å². The molecule has 0 aliphatic rings. The lowest BCUT2D eigenvalue weighted by atomic mass is 9.97. The van der Waals surface area contributed by atoms with Gasteiger partial charge >= 0.3 is 12.1 Å². The van der Waals surface area contributed by atoms with Crippen LogP contribution in [-0.2, 0) is 30.0 Å². The van der Waals surface area contributed by atoms with Gasteiger partial charge in [-0.05, 0) is 78.5 Å². The average molecular weight is 575 g/mol. The number of carbonyl (C=O) groups excluding carboxylic acids is 3. The van der Waals surface area contributed by atoms with Gasteiger partial charge in [0.05, 0.1) is 5.92 Å². The molecule has 0 saturated carbocycles. The van der Waals surface area contributed by atoms with Crippen LogP contribution in [0.1, 0.15) is 61.0 Å². The third-order valence-corrected chi connectivity index (χ3v) is 8.15. The average Bonchev–Trinajstić information content (AvgIpc) is 2.82. The van der Waals surface area contributed by atoms with Crippen molar-refractivity contribution in [2.45, 2.75) is 84.8 Å². The first kappa shape index (κ1) is 33.0. The summed E-state index contributed by atoms with van der Waals surface area (Å²) in [5.74, 6) is -3.31. The van der Waals surface area contributed by atoms with Crippen LogP contribution in [0.2, 0.25) is 0 Å². The van der Waals surface area contributed by atoms with E-state index in [9.17, 15) is 23.8 Å². The molecular weight excluding hydrogens is 531 g/mol. The molecule has 10 heteroatoms. The first-order chi connectivity index (χ1) is 18.4. The molecule has 0 aliphatic heterocycles. The fourth-order valence-electron chi connectivity index (χ4n) is 3.82. The smallest absolute Gasteiger partial charge is 0.408 e. The number of esters is 1. The molecule has 9 nitrogen and oxygen atoms in total. The van der Waals surface area contributed by atoms with Crippen LogP contribution in [0.15, 0.2) is 54.6 Å². The Balaban J connectivity index is 2.25. The minimum atomic E-state index is -4.10. The van der Waals surface area contributed by atoms with Gasteiger partial charge in [0.25, 0.3) is 0 Å². The van der Waals surface area contributed by atoms with E-state index in [1.807, 2.05) is 54.6 Å². The summed E-state index contributed by atoms with van der Waals surface area (Å²) in [6.45, 7) is 13.1. The molecule has 40 heavy (non-hydrogen) atoms. The van der Waals surface area contributed by atoms with E-state index in [1.165, 1.54) is 13.8 Å². The summed E-state index contributed by atoms with van der Waals surface area (Å²) in [5, 5.41) is 5.05. The van der Waals surface area contributed by atoms with E-state index in [0.29, 0.717) is 0 Å². The molecule has 2 amide bonds. The van der Waals surface area contributed by atoms with Crippen molar-refractivity contribution in [2.75, 3.05) is 6.16 Å². The zero-order chi connectivity index (χ0) is 30.3. The Morgan fingerprint density at radius 1 is 0.825 bits per heavy atom. The monoisotopic (exact) mass is 574 g/mol. The summed E-state index contributed by atoms with van der Waals surface area (Å²) in [4.78, 5) is 49.0. The van der Waals surface area contributed by atoms with Crippen molar-refractivity contribution in [3.8, 4) is 11.1 Å². The van der Waals surface area contributed by atoms with Gasteiger partial charge in [-0.2, -0.15) is 0 Å². The van der Waals surface area contributed by atoms with E-state index in [1.54, 1.807) is 41.5 Å². The lowest BCUT2D eigenvalue weighted by molar-refractivity contribution is -0.158. The SMILES string of the molecule is C[C@H](NC(=O)[C@H](Cc1ccc(-c2ccccc2)cc1)CP(=O)(O)[C@H](C)NC(=O)OC(C)(C)C)C(=O)OC(C)(C)C. The molecule has 0 fully saturated rings. The van der Waals surface area contributed by atoms with Crippen LogP contribution in [-0.4, -0.2) is 52.1 Å². The van der Waals surface area contributed by atoms with Crippen LogP contribution < -0.4 is 10.6 Å². The Morgan fingerprint density at radius 2 is 1.35 bits per heavy atom. The summed E-state index contributed by atoms with van der Waals surface area (Å²) in [5.41, 5.74) is 1.29. The first-order valence-electron chi connectivity index (χ1n) is 13.3. The van der Waals surface area contributed by atoms with Gasteiger partial charge in [-0.3, -0.25) is 9.36 Å². The first-order valence-corrected chi connectivity index (χ1v) is 15.3. The second-order valence-electron chi connectivity index (χ2n) is 12.0. The molecule has 0 aromatic heterocycles. The van der Waals surface area contributed by atoms with Gasteiger partial charge < -0.3 is 25.0 Å². The van der Waals surface area contributed by atoms with E-state index in [-0.39, 0.29) is 6.42 Å². The van der Waals surface area contributed by atoms with Gasteiger partial charge in [0.15, 0.2) is 0 Å². The Kier molecular flexibility index (Phi) is 11.1. The Hall–Kier alpha value is -3.16. The lowest BCUT2D eigenvalue weighted by Crippen LogP contribution is -2.46. The van der Waals surface area contributed by atoms with E-state index in [4.69, 9.17) is 9.47 Å². The minimum Gasteiger partial charge on any atom is -0.458 e. The van der Waals surface area contributed by atoms with Crippen molar-refractivity contribution in [1.82, 2.24) is 10.6 Å². The standard InChI is InChI=1S/C30H43N2O7P/c1-20(27(34)38-29(3,4)5)31-26(33)25(19-40(36,37)21(2)32-28(35)39-30(6,7)8)18-22-14-16-24(17-15-22)23-12-10-9-11-13-23/h9-17,20-21,25H,18-19H2,1-8H3,(H,31,33)(H,32,35)(H,36,37)/t20-,21+,25+/m0/s1. The predicted molar refractivity (Wildman–Crippen MR) is 156 cm³/mol.